The minimum Gasteiger partial charge on any atom is -0.443 e. The Hall–Kier alpha value is -2.23. The summed E-state index contributed by atoms with van der Waals surface area (Å²) >= 11 is 0. The lowest BCUT2D eigenvalue weighted by Gasteiger charge is -2.27. The highest BCUT2D eigenvalue weighted by atomic mass is 16.6. The van der Waals surface area contributed by atoms with E-state index in [0.29, 0.717) is 0 Å². The number of nitrogens with zero attached hydrogens (tertiary/aromatic N) is 1. The fraction of sp³-hybridized carbons (Fsp3) is 0.389. The molecule has 116 valence electrons. The molecule has 4 nitrogen and oxygen atoms in total. The SMILES string of the molecule is CC(C)(C)OC(=O)N1/C=C\C=C/Cc2cc3c(cc21)NCC3. The number of rotatable bonds is 0. The molecule has 2 aliphatic heterocycles. The highest BCUT2D eigenvalue weighted by Gasteiger charge is 2.25. The van der Waals surface area contributed by atoms with E-state index in [-0.39, 0.29) is 6.09 Å². The van der Waals surface area contributed by atoms with Crippen LogP contribution in [0, 0.1) is 0 Å². The summed E-state index contributed by atoms with van der Waals surface area (Å²) in [7, 11) is 0. The molecule has 0 unspecified atom stereocenters. The van der Waals surface area contributed by atoms with Crippen LogP contribution in [0.25, 0.3) is 0 Å². The van der Waals surface area contributed by atoms with Crippen molar-refractivity contribution in [3.63, 3.8) is 0 Å². The van der Waals surface area contributed by atoms with Gasteiger partial charge in [0.2, 0.25) is 0 Å². The minimum absolute atomic E-state index is 0.349. The standard InChI is InChI=1S/C18H22N2O2/c1-18(2,3)22-17(21)20-10-6-4-5-7-14-11-13-8-9-19-15(13)12-16(14)20/h4-6,10-12,19H,7-9H2,1-3H3/b5-4-,10-6-. The Labute approximate surface area is 131 Å². The molecule has 4 heteroatoms. The first kappa shape index (κ1) is 14.7. The van der Waals surface area contributed by atoms with E-state index in [1.807, 2.05) is 32.9 Å². The van der Waals surface area contributed by atoms with Gasteiger partial charge in [0.25, 0.3) is 0 Å². The lowest BCUT2D eigenvalue weighted by Crippen LogP contribution is -2.34. The fourth-order valence-corrected chi connectivity index (χ4v) is 2.74. The first-order valence-corrected chi connectivity index (χ1v) is 7.69. The van der Waals surface area contributed by atoms with Crippen LogP contribution in [-0.4, -0.2) is 18.2 Å². The number of hydrogen-bond donors (Lipinski definition) is 1. The molecule has 22 heavy (non-hydrogen) atoms. The second kappa shape index (κ2) is 5.52. The lowest BCUT2D eigenvalue weighted by molar-refractivity contribution is 0.0596. The molecule has 0 atom stereocenters. The van der Waals surface area contributed by atoms with Crippen LogP contribution in [0.15, 0.2) is 36.6 Å². The van der Waals surface area contributed by atoms with E-state index >= 15 is 0 Å². The van der Waals surface area contributed by atoms with Gasteiger partial charge in [-0.2, -0.15) is 0 Å². The van der Waals surface area contributed by atoms with Crippen LogP contribution < -0.4 is 10.2 Å². The van der Waals surface area contributed by atoms with Gasteiger partial charge >= 0.3 is 6.09 Å². The van der Waals surface area contributed by atoms with Crippen molar-refractivity contribution in [1.82, 2.24) is 0 Å². The fourth-order valence-electron chi connectivity index (χ4n) is 2.74. The van der Waals surface area contributed by atoms with Gasteiger partial charge in [-0.05, 0) is 56.9 Å². The van der Waals surface area contributed by atoms with E-state index in [0.717, 1.165) is 36.3 Å². The summed E-state index contributed by atoms with van der Waals surface area (Å²) in [5.41, 5.74) is 3.96. The molecule has 2 heterocycles. The smallest absolute Gasteiger partial charge is 0.418 e. The Balaban J connectivity index is 2.02. The zero-order valence-electron chi connectivity index (χ0n) is 13.3. The van der Waals surface area contributed by atoms with Crippen molar-refractivity contribution in [3.05, 3.63) is 47.7 Å². The van der Waals surface area contributed by atoms with Crippen LogP contribution in [-0.2, 0) is 17.6 Å². The maximum absolute atomic E-state index is 12.5. The Morgan fingerprint density at radius 3 is 2.82 bits per heavy atom. The lowest BCUT2D eigenvalue weighted by atomic mass is 10.0. The number of hydrogen-bond acceptors (Lipinski definition) is 3. The van der Waals surface area contributed by atoms with E-state index in [2.05, 4.69) is 23.5 Å². The monoisotopic (exact) mass is 298 g/mol. The van der Waals surface area contributed by atoms with Crippen LogP contribution in [0.5, 0.6) is 0 Å². The summed E-state index contributed by atoms with van der Waals surface area (Å²) in [5, 5.41) is 3.37. The molecule has 0 spiro atoms. The topological polar surface area (TPSA) is 41.6 Å². The van der Waals surface area contributed by atoms with E-state index < -0.39 is 5.60 Å². The van der Waals surface area contributed by atoms with Gasteiger partial charge in [-0.1, -0.05) is 18.2 Å². The molecule has 0 aromatic heterocycles. The molecule has 0 bridgehead atoms. The molecule has 0 saturated heterocycles. The van der Waals surface area contributed by atoms with Gasteiger partial charge < -0.3 is 10.1 Å². The minimum atomic E-state index is -0.516. The molecule has 3 rings (SSSR count). The Morgan fingerprint density at radius 2 is 2.05 bits per heavy atom. The predicted molar refractivity (Wildman–Crippen MR) is 89.3 cm³/mol. The van der Waals surface area contributed by atoms with Crippen molar-refractivity contribution in [2.24, 2.45) is 0 Å². The van der Waals surface area contributed by atoms with Crippen LogP contribution >= 0.6 is 0 Å². The molecule has 0 saturated carbocycles. The molecule has 1 N–H and O–H groups in total. The van der Waals surface area contributed by atoms with Crippen molar-refractivity contribution in [2.75, 3.05) is 16.8 Å². The molecular weight excluding hydrogens is 276 g/mol. The highest BCUT2D eigenvalue weighted by molar-refractivity contribution is 5.92. The summed E-state index contributed by atoms with van der Waals surface area (Å²) in [4.78, 5) is 14.2. The van der Waals surface area contributed by atoms with Gasteiger partial charge in [0.1, 0.15) is 5.60 Å². The summed E-state index contributed by atoms with van der Waals surface area (Å²) in [6, 6.07) is 4.26. The first-order valence-electron chi connectivity index (χ1n) is 7.69. The van der Waals surface area contributed by atoms with Crippen molar-refractivity contribution in [1.29, 1.82) is 0 Å². The predicted octanol–water partition coefficient (Wildman–Crippen LogP) is 4.02. The molecule has 1 aromatic carbocycles. The molecular formula is C18H22N2O2. The Morgan fingerprint density at radius 1 is 1.23 bits per heavy atom. The van der Waals surface area contributed by atoms with E-state index in [1.165, 1.54) is 5.56 Å². The van der Waals surface area contributed by atoms with Crippen molar-refractivity contribution in [3.8, 4) is 0 Å². The number of amides is 1. The summed E-state index contributed by atoms with van der Waals surface area (Å²) in [6.07, 6.45) is 9.21. The normalized spacial score (nSPS) is 19.3. The van der Waals surface area contributed by atoms with Crippen molar-refractivity contribution >= 4 is 17.5 Å². The largest absolute Gasteiger partial charge is 0.443 e. The molecule has 0 aliphatic carbocycles. The third kappa shape index (κ3) is 3.01. The second-order valence-electron chi connectivity index (χ2n) is 6.64. The average molecular weight is 298 g/mol. The van der Waals surface area contributed by atoms with Gasteiger partial charge in [-0.25, -0.2) is 4.79 Å². The highest BCUT2D eigenvalue weighted by Crippen LogP contribution is 2.33. The first-order chi connectivity index (χ1) is 10.4. The zero-order valence-corrected chi connectivity index (χ0v) is 13.3. The number of ether oxygens (including phenoxy) is 1. The van der Waals surface area contributed by atoms with Crippen LogP contribution in [0.1, 0.15) is 31.9 Å². The van der Waals surface area contributed by atoms with Crippen LogP contribution in [0.2, 0.25) is 0 Å². The maximum atomic E-state index is 12.5. The summed E-state index contributed by atoms with van der Waals surface area (Å²) in [6.45, 7) is 6.59. The molecule has 2 aliphatic rings. The second-order valence-corrected chi connectivity index (χ2v) is 6.64. The number of benzene rings is 1. The van der Waals surface area contributed by atoms with Gasteiger partial charge in [0.15, 0.2) is 0 Å². The number of fused-ring (bicyclic) bond motifs is 2. The van der Waals surface area contributed by atoms with Gasteiger partial charge in [-0.15, -0.1) is 0 Å². The number of carbonyl (C=O) groups excluding carboxylic acids is 1. The molecule has 1 amide bonds. The molecule has 0 radical (unpaired) electrons. The van der Waals surface area contributed by atoms with Gasteiger partial charge in [0.05, 0.1) is 5.69 Å². The number of allylic oxidation sites excluding steroid dienone is 3. The van der Waals surface area contributed by atoms with Crippen LogP contribution in [0.4, 0.5) is 16.2 Å². The number of carbonyl (C=O) groups is 1. The maximum Gasteiger partial charge on any atom is 0.418 e. The van der Waals surface area contributed by atoms with Gasteiger partial charge in [0, 0.05) is 18.4 Å². The quantitative estimate of drug-likeness (QED) is 0.786. The summed E-state index contributed by atoms with van der Waals surface area (Å²) < 4.78 is 5.54. The third-order valence-corrected chi connectivity index (χ3v) is 3.68. The molecule has 0 fully saturated rings. The Bertz CT molecular complexity index is 654. The third-order valence-electron chi connectivity index (χ3n) is 3.68. The van der Waals surface area contributed by atoms with E-state index in [1.54, 1.807) is 11.1 Å². The Kier molecular flexibility index (Phi) is 3.69. The van der Waals surface area contributed by atoms with Crippen molar-refractivity contribution < 1.29 is 9.53 Å². The van der Waals surface area contributed by atoms with E-state index in [9.17, 15) is 4.79 Å². The molecule has 1 aromatic rings. The van der Waals surface area contributed by atoms with Crippen molar-refractivity contribution in [2.45, 2.75) is 39.2 Å². The van der Waals surface area contributed by atoms with Crippen LogP contribution in [0.3, 0.4) is 0 Å². The van der Waals surface area contributed by atoms with Gasteiger partial charge in [-0.3, -0.25) is 4.90 Å². The zero-order chi connectivity index (χ0) is 15.7. The number of nitrogens with one attached hydrogen (secondary N) is 1. The van der Waals surface area contributed by atoms with E-state index in [4.69, 9.17) is 4.74 Å². The summed E-state index contributed by atoms with van der Waals surface area (Å²) in [5.74, 6) is 0. The number of anilines is 2. The average Bonchev–Trinajstić information content (AvgIpc) is 2.83.